The maximum Gasteiger partial charge on any atom is 0.407 e. The SMILES string of the molecule is C.C[C@]1(NC(=O)OCc2ccccc2)CCC[C@@H](N)C1.Cc1c(-c2nc(Cl)ncc2Cl)c2ccccc2n1-c1ccccc1.Cc1c(-c2nc(N[C@@H]3CCC[C@](C)(NC(=O)OCc4ccccc4)C3)ncc2Cl)c2ccccc2n1-c1ccccc1.O=S=O.O=S=O. The number of carbonyl (C=O) groups is 2. The number of hydrogen-bond donors (Lipinski definition) is 4. The van der Waals surface area contributed by atoms with Crippen LogP contribution in [0.2, 0.25) is 15.3 Å². The van der Waals surface area contributed by atoms with Gasteiger partial charge < -0.3 is 40.3 Å². The summed E-state index contributed by atoms with van der Waals surface area (Å²) in [6.07, 6.45) is 9.81. The van der Waals surface area contributed by atoms with Crippen molar-refractivity contribution in [3.63, 3.8) is 0 Å². The van der Waals surface area contributed by atoms with Crippen LogP contribution in [0.5, 0.6) is 0 Å². The minimum absolute atomic E-state index is 0. The van der Waals surface area contributed by atoms with E-state index >= 15 is 0 Å². The number of carbonyl (C=O) groups excluding carboxylic acids is 2. The number of amides is 2. The highest BCUT2D eigenvalue weighted by molar-refractivity contribution is 7.52. The molecule has 2 fully saturated rings. The molecule has 0 bridgehead atoms. The fourth-order valence-electron chi connectivity index (χ4n) is 11.9. The van der Waals surface area contributed by atoms with E-state index in [1.807, 2.05) is 128 Å². The number of benzene rings is 6. The molecule has 2 amide bonds. The van der Waals surface area contributed by atoms with Crippen molar-refractivity contribution in [3.8, 4) is 33.9 Å². The fraction of sp³-hybridized carbons (Fsp3) is 0.275. The first-order valence-corrected chi connectivity index (χ1v) is 31.8. The van der Waals surface area contributed by atoms with E-state index in [4.69, 9.17) is 71.8 Å². The lowest BCUT2D eigenvalue weighted by Crippen LogP contribution is -2.51. The van der Waals surface area contributed by atoms with Crippen LogP contribution in [-0.4, -0.2) is 81.3 Å². The fourth-order valence-corrected chi connectivity index (χ4v) is 12.4. The summed E-state index contributed by atoms with van der Waals surface area (Å²) in [5, 5.41) is 12.9. The number of anilines is 1. The molecule has 2 aliphatic rings. The first-order valence-electron chi connectivity index (χ1n) is 29.3. The molecule has 6 aromatic carbocycles. The van der Waals surface area contributed by atoms with Crippen molar-refractivity contribution < 1.29 is 35.9 Å². The molecular weight excluding hydrogens is 1270 g/mol. The van der Waals surface area contributed by atoms with Gasteiger partial charge in [0.2, 0.25) is 11.2 Å². The molecule has 5 N–H and O–H groups in total. The first kappa shape index (κ1) is 70.8. The lowest BCUT2D eigenvalue weighted by Gasteiger charge is -2.38. The zero-order valence-electron chi connectivity index (χ0n) is 50.5. The van der Waals surface area contributed by atoms with Gasteiger partial charge >= 0.3 is 35.3 Å². The van der Waals surface area contributed by atoms with Crippen LogP contribution < -0.4 is 21.7 Å². The van der Waals surface area contributed by atoms with Crippen LogP contribution in [0.1, 0.15) is 95.2 Å². The quantitative estimate of drug-likeness (QED) is 0.0832. The molecule has 0 spiro atoms. The van der Waals surface area contributed by atoms with E-state index in [0.717, 1.165) is 118 Å². The first-order chi connectivity index (χ1) is 44.0. The molecule has 12 rings (SSSR count). The molecule has 0 aliphatic heterocycles. The van der Waals surface area contributed by atoms with Crippen LogP contribution in [-0.2, 0) is 45.8 Å². The topological polar surface area (TPSA) is 244 Å². The molecule has 4 atom stereocenters. The van der Waals surface area contributed by atoms with E-state index < -0.39 is 34.8 Å². The van der Waals surface area contributed by atoms with E-state index in [1.165, 1.54) is 0 Å². The van der Waals surface area contributed by atoms with Crippen molar-refractivity contribution in [2.75, 3.05) is 5.32 Å². The molecule has 2 aliphatic carbocycles. The van der Waals surface area contributed by atoms with E-state index in [9.17, 15) is 9.59 Å². The Hall–Kier alpha value is -8.63. The maximum atomic E-state index is 12.6. The number of para-hydroxylation sites is 4. The second-order valence-corrected chi connectivity index (χ2v) is 23.9. The predicted octanol–water partition coefficient (Wildman–Crippen LogP) is 15.7. The number of alkyl carbamates (subject to hydrolysis) is 2. The molecular formula is C69H73Cl3N10O8S2. The van der Waals surface area contributed by atoms with Gasteiger partial charge in [0.15, 0.2) is 0 Å². The van der Waals surface area contributed by atoms with Gasteiger partial charge in [-0.25, -0.2) is 29.5 Å². The molecule has 10 aromatic rings. The van der Waals surface area contributed by atoms with Crippen LogP contribution in [0, 0.1) is 13.8 Å². The number of ether oxygens (including phenoxy) is 2. The highest BCUT2D eigenvalue weighted by atomic mass is 35.5. The molecule has 0 saturated heterocycles. The zero-order chi connectivity index (χ0) is 64.9. The number of halogens is 3. The van der Waals surface area contributed by atoms with Crippen molar-refractivity contribution >= 4 is 97.9 Å². The third-order valence-electron chi connectivity index (χ3n) is 15.7. The smallest absolute Gasteiger partial charge is 0.407 e. The Morgan fingerprint density at radius 3 is 1.41 bits per heavy atom. The summed E-state index contributed by atoms with van der Waals surface area (Å²) in [5.74, 6) is 0.520. The minimum Gasteiger partial charge on any atom is -0.445 e. The number of nitrogens with zero attached hydrogens (tertiary/aromatic N) is 6. The van der Waals surface area contributed by atoms with E-state index in [1.54, 1.807) is 12.4 Å². The Balaban J connectivity index is 0.000000203. The molecule has 480 valence electrons. The van der Waals surface area contributed by atoms with E-state index in [2.05, 4.69) is 109 Å². The van der Waals surface area contributed by atoms with Gasteiger partial charge in [-0.1, -0.05) is 164 Å². The van der Waals surface area contributed by atoms with Crippen LogP contribution in [0.4, 0.5) is 15.5 Å². The Kier molecular flexibility index (Phi) is 26.3. The number of nitrogens with one attached hydrogen (secondary N) is 3. The van der Waals surface area contributed by atoms with Crippen LogP contribution in [0.25, 0.3) is 55.7 Å². The van der Waals surface area contributed by atoms with E-state index in [0.29, 0.717) is 34.0 Å². The zero-order valence-corrected chi connectivity index (χ0v) is 54.4. The Morgan fingerprint density at radius 1 is 0.565 bits per heavy atom. The monoisotopic (exact) mass is 1340 g/mol. The Morgan fingerprint density at radius 2 is 0.957 bits per heavy atom. The summed E-state index contributed by atoms with van der Waals surface area (Å²) in [6.45, 7) is 8.81. The van der Waals surface area contributed by atoms with Crippen molar-refractivity contribution in [1.82, 2.24) is 39.7 Å². The van der Waals surface area contributed by atoms with Crippen molar-refractivity contribution in [2.45, 2.75) is 123 Å². The van der Waals surface area contributed by atoms with Crippen LogP contribution in [0.15, 0.2) is 182 Å². The van der Waals surface area contributed by atoms with Gasteiger partial charge in [-0.05, 0) is 138 Å². The lowest BCUT2D eigenvalue weighted by molar-refractivity contribution is 0.118. The van der Waals surface area contributed by atoms with Crippen molar-refractivity contribution in [3.05, 3.63) is 220 Å². The molecule has 4 heterocycles. The molecule has 0 unspecified atom stereocenters. The maximum absolute atomic E-state index is 12.6. The third kappa shape index (κ3) is 18.8. The Labute approximate surface area is 557 Å². The highest BCUT2D eigenvalue weighted by Gasteiger charge is 2.35. The second kappa shape index (κ2) is 34.2. The summed E-state index contributed by atoms with van der Waals surface area (Å²) in [5.41, 5.74) is 17.0. The number of hydrogen-bond acceptors (Lipinski definition) is 14. The molecule has 18 nitrogen and oxygen atoms in total. The molecule has 4 aromatic heterocycles. The van der Waals surface area contributed by atoms with Crippen LogP contribution >= 0.6 is 34.8 Å². The standard InChI is InChI=1S/C34H34ClN5O2.C19H13Cl2N3.C15H22N2O2.CH4.2O2S/c1-23-30(27-17-9-10-18-29(27)40(23)26-15-7-4-8-16-26)31-28(35)21-36-32(38-31)37-25-14-11-19-34(2,20-25)39-33(41)42-22-24-12-5-3-6-13-24;1-12-17(18-15(20)11-22-19(21)23-18)14-9-5-6-10-16(14)24(12)13-7-3-2-4-8-13;1-15(9-5-8-13(16)10-15)17-14(18)19-11-12-6-3-2-4-7-12;;2*1-3-2/h3-10,12-13,15-18,21,25H,11,14,19-20,22H2,1-2H3,(H,39,41)(H,36,37,38);2-11H,1H3;2-4,6-7,13H,5,8-11,16H2,1H3,(H,17,18);1H4;;/t25-,34+;;13-,15+;;;/m1.1.../s1. The van der Waals surface area contributed by atoms with Gasteiger partial charge in [-0.15, -0.1) is 0 Å². The van der Waals surface area contributed by atoms with Crippen LogP contribution in [0.3, 0.4) is 0 Å². The number of rotatable bonds is 12. The van der Waals surface area contributed by atoms with Gasteiger partial charge in [0.25, 0.3) is 0 Å². The molecule has 92 heavy (non-hydrogen) atoms. The minimum atomic E-state index is -0.750. The van der Waals surface area contributed by atoms with Crippen molar-refractivity contribution in [2.24, 2.45) is 5.73 Å². The van der Waals surface area contributed by atoms with Crippen molar-refractivity contribution in [1.29, 1.82) is 0 Å². The lowest BCUT2D eigenvalue weighted by atomic mass is 9.80. The van der Waals surface area contributed by atoms with Gasteiger partial charge in [-0.2, -0.15) is 16.8 Å². The second-order valence-electron chi connectivity index (χ2n) is 22.4. The predicted molar refractivity (Wildman–Crippen MR) is 366 cm³/mol. The van der Waals surface area contributed by atoms with Gasteiger partial charge in [0.1, 0.15) is 13.2 Å². The summed E-state index contributed by atoms with van der Waals surface area (Å²) in [4.78, 5) is 42.3. The highest BCUT2D eigenvalue weighted by Crippen LogP contribution is 2.41. The summed E-state index contributed by atoms with van der Waals surface area (Å²) >= 11 is 17.6. The third-order valence-corrected chi connectivity index (χ3v) is 16.5. The van der Waals surface area contributed by atoms with E-state index in [-0.39, 0.29) is 43.0 Å². The average Bonchev–Trinajstić information content (AvgIpc) is 1.61. The summed E-state index contributed by atoms with van der Waals surface area (Å²) in [7, 11) is 0. The van der Waals surface area contributed by atoms with Gasteiger partial charge in [-0.3, -0.25) is 0 Å². The summed E-state index contributed by atoms with van der Waals surface area (Å²) < 4.78 is 48.3. The molecule has 2 saturated carbocycles. The van der Waals surface area contributed by atoms with Gasteiger partial charge in [0.05, 0.1) is 44.9 Å². The molecule has 23 heteroatoms. The Bertz CT molecular complexity index is 4130. The normalized spacial score (nSPS) is 17.1. The average molecular weight is 1340 g/mol. The number of aromatic nitrogens is 6. The number of nitrogens with two attached hydrogens (primary N) is 1. The molecule has 0 radical (unpaired) electrons. The van der Waals surface area contributed by atoms with Gasteiger partial charge in [0, 0.05) is 67.8 Å². The number of fused-ring (bicyclic) bond motifs is 2. The largest absolute Gasteiger partial charge is 0.445 e. The summed E-state index contributed by atoms with van der Waals surface area (Å²) in [6, 6.07) is 56.6.